The van der Waals surface area contributed by atoms with Gasteiger partial charge >= 0.3 is 5.97 Å². The Bertz CT molecular complexity index is 1000. The van der Waals surface area contributed by atoms with Crippen LogP contribution in [-0.4, -0.2) is 42.1 Å². The Morgan fingerprint density at radius 2 is 1.89 bits per heavy atom. The van der Waals surface area contributed by atoms with E-state index in [9.17, 15) is 9.59 Å². The second-order valence-electron chi connectivity index (χ2n) is 6.40. The van der Waals surface area contributed by atoms with Crippen molar-refractivity contribution in [2.24, 2.45) is 0 Å². The molecule has 0 atom stereocenters. The lowest BCUT2D eigenvalue weighted by atomic mass is 9.97. The number of nitrogens with zero attached hydrogens (tertiary/aromatic N) is 2. The Morgan fingerprint density at radius 3 is 2.63 bits per heavy atom. The summed E-state index contributed by atoms with van der Waals surface area (Å²) in [6.45, 7) is 1.77. The lowest BCUT2D eigenvalue weighted by Crippen LogP contribution is -2.37. The predicted molar refractivity (Wildman–Crippen MR) is 106 cm³/mol. The van der Waals surface area contributed by atoms with E-state index in [1.165, 1.54) is 11.1 Å². The third-order valence-electron chi connectivity index (χ3n) is 4.42. The molecule has 2 aromatic carbocycles. The summed E-state index contributed by atoms with van der Waals surface area (Å²) in [5.74, 6) is -1.41. The summed E-state index contributed by atoms with van der Waals surface area (Å²) in [6.07, 6.45) is 1.79. The number of aliphatic carboxylic acids is 1. The van der Waals surface area contributed by atoms with Crippen molar-refractivity contribution >= 4 is 28.5 Å². The molecule has 138 valence electrons. The average Bonchev–Trinajstić information content (AvgIpc) is 2.66. The number of aromatic nitrogens is 1. The number of hydrogen-bond acceptors (Lipinski definition) is 4. The highest BCUT2D eigenvalue weighted by molar-refractivity contribution is 5.96. The molecule has 6 heteroatoms. The SMILES string of the molecule is Cc1ccccc1-c1ccnc2cc(N(C)CC(=O)NCC(=O)O)ccc12. The molecule has 1 aromatic heterocycles. The minimum atomic E-state index is -1.07. The van der Waals surface area contributed by atoms with E-state index in [0.717, 1.165) is 22.2 Å². The fourth-order valence-electron chi connectivity index (χ4n) is 3.02. The van der Waals surface area contributed by atoms with Gasteiger partial charge in [0.15, 0.2) is 0 Å². The van der Waals surface area contributed by atoms with E-state index in [4.69, 9.17) is 5.11 Å². The van der Waals surface area contributed by atoms with Gasteiger partial charge in [-0.15, -0.1) is 0 Å². The first-order chi connectivity index (χ1) is 13.0. The first-order valence-electron chi connectivity index (χ1n) is 8.60. The van der Waals surface area contributed by atoms with Crippen molar-refractivity contribution in [3.63, 3.8) is 0 Å². The largest absolute Gasteiger partial charge is 0.480 e. The van der Waals surface area contributed by atoms with Crippen LogP contribution in [0.3, 0.4) is 0 Å². The van der Waals surface area contributed by atoms with Gasteiger partial charge in [0.25, 0.3) is 0 Å². The molecule has 0 spiro atoms. The zero-order valence-corrected chi connectivity index (χ0v) is 15.3. The van der Waals surface area contributed by atoms with Crippen LogP contribution in [0.15, 0.2) is 54.7 Å². The van der Waals surface area contributed by atoms with Crippen LogP contribution >= 0.6 is 0 Å². The summed E-state index contributed by atoms with van der Waals surface area (Å²) in [4.78, 5) is 28.6. The molecule has 0 unspecified atom stereocenters. The average molecular weight is 363 g/mol. The summed E-state index contributed by atoms with van der Waals surface area (Å²) >= 11 is 0. The van der Waals surface area contributed by atoms with Gasteiger partial charge in [-0.2, -0.15) is 0 Å². The van der Waals surface area contributed by atoms with Gasteiger partial charge < -0.3 is 15.3 Å². The van der Waals surface area contributed by atoms with Crippen LogP contribution in [0.1, 0.15) is 5.56 Å². The quantitative estimate of drug-likeness (QED) is 0.704. The molecule has 0 aliphatic carbocycles. The molecule has 3 rings (SSSR count). The van der Waals surface area contributed by atoms with Crippen LogP contribution in [-0.2, 0) is 9.59 Å². The van der Waals surface area contributed by atoms with Gasteiger partial charge in [0.2, 0.25) is 5.91 Å². The van der Waals surface area contributed by atoms with Crippen molar-refractivity contribution in [2.45, 2.75) is 6.92 Å². The first-order valence-corrected chi connectivity index (χ1v) is 8.60. The van der Waals surface area contributed by atoms with Crippen LogP contribution in [0, 0.1) is 6.92 Å². The lowest BCUT2D eigenvalue weighted by molar-refractivity contribution is -0.137. The third kappa shape index (κ3) is 4.23. The second-order valence-corrected chi connectivity index (χ2v) is 6.40. The number of carbonyl (C=O) groups excluding carboxylic acids is 1. The molecular weight excluding hydrogens is 342 g/mol. The molecule has 0 fully saturated rings. The molecule has 6 nitrogen and oxygen atoms in total. The molecule has 27 heavy (non-hydrogen) atoms. The standard InChI is InChI=1S/C21H21N3O3/c1-14-5-3-4-6-16(14)17-9-10-22-19-11-15(7-8-18(17)19)24(2)13-20(25)23-12-21(26)27/h3-11H,12-13H2,1-2H3,(H,23,25)(H,26,27). The van der Waals surface area contributed by atoms with Crippen LogP contribution in [0.2, 0.25) is 0 Å². The highest BCUT2D eigenvalue weighted by Gasteiger charge is 2.11. The van der Waals surface area contributed by atoms with E-state index in [0.29, 0.717) is 0 Å². The van der Waals surface area contributed by atoms with Crippen LogP contribution in [0.5, 0.6) is 0 Å². The van der Waals surface area contributed by atoms with Gasteiger partial charge in [0.1, 0.15) is 6.54 Å². The van der Waals surface area contributed by atoms with E-state index in [1.54, 1.807) is 18.1 Å². The van der Waals surface area contributed by atoms with Crippen LogP contribution < -0.4 is 10.2 Å². The maximum Gasteiger partial charge on any atom is 0.322 e. The van der Waals surface area contributed by atoms with Crippen molar-refractivity contribution < 1.29 is 14.7 Å². The number of hydrogen-bond donors (Lipinski definition) is 2. The van der Waals surface area contributed by atoms with E-state index in [2.05, 4.69) is 29.4 Å². The van der Waals surface area contributed by atoms with E-state index in [-0.39, 0.29) is 19.0 Å². The molecular formula is C21H21N3O3. The number of carbonyl (C=O) groups is 2. The van der Waals surface area contributed by atoms with Gasteiger partial charge in [0.05, 0.1) is 12.1 Å². The summed E-state index contributed by atoms with van der Waals surface area (Å²) in [5.41, 5.74) is 5.15. The second kappa shape index (κ2) is 7.86. The Kier molecular flexibility index (Phi) is 5.35. The fraction of sp³-hybridized carbons (Fsp3) is 0.190. The van der Waals surface area contributed by atoms with E-state index < -0.39 is 5.97 Å². The van der Waals surface area contributed by atoms with Crippen molar-refractivity contribution in [3.05, 3.63) is 60.3 Å². The number of pyridine rings is 1. The van der Waals surface area contributed by atoms with E-state index in [1.807, 2.05) is 36.4 Å². The van der Waals surface area contributed by atoms with Crippen LogP contribution in [0.4, 0.5) is 5.69 Å². The number of amides is 1. The van der Waals surface area contributed by atoms with Crippen molar-refractivity contribution in [2.75, 3.05) is 25.0 Å². The van der Waals surface area contributed by atoms with Gasteiger partial charge in [0, 0.05) is 24.3 Å². The monoisotopic (exact) mass is 363 g/mol. The maximum atomic E-state index is 11.8. The number of anilines is 1. The number of benzene rings is 2. The Labute approximate surface area is 157 Å². The predicted octanol–water partition coefficient (Wildman–Crippen LogP) is 2.85. The summed E-state index contributed by atoms with van der Waals surface area (Å²) in [5, 5.41) is 12.0. The lowest BCUT2D eigenvalue weighted by Gasteiger charge is -2.19. The fourth-order valence-corrected chi connectivity index (χ4v) is 3.02. The molecule has 1 amide bonds. The van der Waals surface area contributed by atoms with Crippen molar-refractivity contribution in [1.29, 1.82) is 0 Å². The minimum absolute atomic E-state index is 0.0657. The highest BCUT2D eigenvalue weighted by atomic mass is 16.4. The number of fused-ring (bicyclic) bond motifs is 1. The van der Waals surface area contributed by atoms with E-state index >= 15 is 0 Å². The van der Waals surface area contributed by atoms with Crippen molar-refractivity contribution in [1.82, 2.24) is 10.3 Å². The molecule has 1 heterocycles. The third-order valence-corrected chi connectivity index (χ3v) is 4.42. The molecule has 0 aliphatic heterocycles. The maximum absolute atomic E-state index is 11.8. The van der Waals surface area contributed by atoms with Gasteiger partial charge in [-0.05, 0) is 41.8 Å². The normalized spacial score (nSPS) is 10.6. The molecule has 0 aliphatic rings. The minimum Gasteiger partial charge on any atom is -0.480 e. The molecule has 0 radical (unpaired) electrons. The number of likely N-dealkylation sites (N-methyl/N-ethyl adjacent to an activating group) is 1. The zero-order chi connectivity index (χ0) is 19.4. The van der Waals surface area contributed by atoms with Gasteiger partial charge in [-0.25, -0.2) is 0 Å². The number of nitrogens with one attached hydrogen (secondary N) is 1. The Morgan fingerprint density at radius 1 is 1.11 bits per heavy atom. The number of carboxylic acids is 1. The smallest absolute Gasteiger partial charge is 0.322 e. The Balaban J connectivity index is 1.87. The number of aryl methyl sites for hydroxylation is 1. The molecule has 3 aromatic rings. The van der Waals surface area contributed by atoms with Crippen LogP contribution in [0.25, 0.3) is 22.0 Å². The summed E-state index contributed by atoms with van der Waals surface area (Å²) < 4.78 is 0. The molecule has 2 N–H and O–H groups in total. The van der Waals surface area contributed by atoms with Gasteiger partial charge in [-0.1, -0.05) is 30.3 Å². The summed E-state index contributed by atoms with van der Waals surface area (Å²) in [7, 11) is 1.78. The summed E-state index contributed by atoms with van der Waals surface area (Å²) in [6, 6.07) is 16.1. The highest BCUT2D eigenvalue weighted by Crippen LogP contribution is 2.31. The topological polar surface area (TPSA) is 82.5 Å². The molecule has 0 bridgehead atoms. The van der Waals surface area contributed by atoms with Gasteiger partial charge in [-0.3, -0.25) is 14.6 Å². The number of rotatable bonds is 6. The molecule has 0 saturated heterocycles. The molecule has 0 saturated carbocycles. The van der Waals surface area contributed by atoms with Crippen molar-refractivity contribution in [3.8, 4) is 11.1 Å². The Hall–Kier alpha value is -3.41. The zero-order valence-electron chi connectivity index (χ0n) is 15.3. The first kappa shape index (κ1) is 18.4. The number of carboxylic acid groups (broad SMARTS) is 1.